The average molecular weight is 546 g/mol. The number of benzene rings is 2. The van der Waals surface area contributed by atoms with Gasteiger partial charge in [-0.05, 0) is 107 Å². The van der Waals surface area contributed by atoms with Crippen LogP contribution in [0.1, 0.15) is 113 Å². The van der Waals surface area contributed by atoms with E-state index in [1.54, 1.807) is 0 Å². The summed E-state index contributed by atoms with van der Waals surface area (Å²) in [6.45, 7) is 20.9. The molecule has 2 aromatic carbocycles. The molecular weight excluding hydrogens is 494 g/mol. The van der Waals surface area contributed by atoms with Gasteiger partial charge in [-0.3, -0.25) is 9.79 Å². The molecule has 0 fully saturated rings. The Balaban J connectivity index is 2.40. The van der Waals surface area contributed by atoms with E-state index in [9.17, 15) is 9.90 Å². The fourth-order valence-corrected chi connectivity index (χ4v) is 5.67. The van der Waals surface area contributed by atoms with E-state index in [1.807, 2.05) is 26.0 Å². The van der Waals surface area contributed by atoms with Gasteiger partial charge in [-0.15, -0.1) is 0 Å². The van der Waals surface area contributed by atoms with Crippen molar-refractivity contribution < 1.29 is 14.6 Å². The van der Waals surface area contributed by atoms with Crippen LogP contribution in [0.4, 0.5) is 0 Å². The number of aliphatic imine (C=N–C) groups is 1. The molecule has 2 aromatic rings. The summed E-state index contributed by atoms with van der Waals surface area (Å²) in [4.78, 5) is 16.1. The summed E-state index contributed by atoms with van der Waals surface area (Å²) in [5.74, 6) is -0.222. The SMILES string of the molecule is C=N/C(=C\C=C(/C)CC(=O)OCC)c1ccc(C(CC)(CC)c2ccc(CCC(O)(CC)CC)c(C)c2)cc1C. The van der Waals surface area contributed by atoms with Crippen LogP contribution in [-0.4, -0.2) is 30.0 Å². The average Bonchev–Trinajstić information content (AvgIpc) is 2.94. The normalized spacial score (nSPS) is 12.9. The number of esters is 1. The lowest BCUT2D eigenvalue weighted by atomic mass is 9.69. The summed E-state index contributed by atoms with van der Waals surface area (Å²) in [5, 5.41) is 10.8. The molecular formula is C36H51NO3. The van der Waals surface area contributed by atoms with E-state index in [-0.39, 0.29) is 17.8 Å². The molecule has 0 aromatic heterocycles. The van der Waals surface area contributed by atoms with Crippen molar-refractivity contribution in [2.24, 2.45) is 4.99 Å². The van der Waals surface area contributed by atoms with Crippen molar-refractivity contribution >= 4 is 18.4 Å². The standard InChI is InChI=1S/C36H51NO3/c1-10-35(39,11-2)22-21-29-16-17-30(24-27(29)7)36(12-3,13-4)31-18-19-32(28(8)25-31)33(37-9)20-15-26(6)23-34(38)40-14-5/h15-20,24-25,39H,9-14,21-23H2,1-8H3/b26-15+,33-20-. The molecule has 0 spiro atoms. The van der Waals surface area contributed by atoms with Gasteiger partial charge < -0.3 is 9.84 Å². The minimum absolute atomic E-state index is 0.0955. The second-order valence-corrected chi connectivity index (χ2v) is 11.1. The second-order valence-electron chi connectivity index (χ2n) is 11.1. The third kappa shape index (κ3) is 8.04. The van der Waals surface area contributed by atoms with Crippen LogP contribution in [0.15, 0.2) is 59.1 Å². The number of hydrogen-bond donors (Lipinski definition) is 1. The summed E-state index contributed by atoms with van der Waals surface area (Å²) < 4.78 is 5.05. The first-order chi connectivity index (χ1) is 19.0. The predicted octanol–water partition coefficient (Wildman–Crippen LogP) is 8.83. The molecule has 0 aliphatic rings. The van der Waals surface area contributed by atoms with Crippen LogP contribution < -0.4 is 0 Å². The van der Waals surface area contributed by atoms with Crippen molar-refractivity contribution in [1.82, 2.24) is 0 Å². The molecule has 0 amide bonds. The smallest absolute Gasteiger partial charge is 0.309 e. The Morgan fingerprint density at radius 2 is 1.52 bits per heavy atom. The topological polar surface area (TPSA) is 58.9 Å². The van der Waals surface area contributed by atoms with Crippen LogP contribution in [0.5, 0.6) is 0 Å². The van der Waals surface area contributed by atoms with Crippen molar-refractivity contribution in [3.63, 3.8) is 0 Å². The van der Waals surface area contributed by atoms with Crippen molar-refractivity contribution in [3.8, 4) is 0 Å². The van der Waals surface area contributed by atoms with Gasteiger partial charge in [-0.2, -0.15) is 0 Å². The highest BCUT2D eigenvalue weighted by Gasteiger charge is 2.31. The summed E-state index contributed by atoms with van der Waals surface area (Å²) in [7, 11) is 0. The summed E-state index contributed by atoms with van der Waals surface area (Å²) >= 11 is 0. The summed E-state index contributed by atoms with van der Waals surface area (Å²) in [5.41, 5.74) is 8.44. The molecule has 2 rings (SSSR count). The molecule has 4 nitrogen and oxygen atoms in total. The predicted molar refractivity (Wildman–Crippen MR) is 170 cm³/mol. The molecule has 1 N–H and O–H groups in total. The van der Waals surface area contributed by atoms with Gasteiger partial charge in [-0.1, -0.05) is 75.7 Å². The van der Waals surface area contributed by atoms with Gasteiger partial charge in [0.2, 0.25) is 0 Å². The van der Waals surface area contributed by atoms with E-state index in [1.165, 1.54) is 22.3 Å². The number of nitrogens with zero attached hydrogens (tertiary/aromatic N) is 1. The number of aryl methyl sites for hydroxylation is 3. The third-order valence-electron chi connectivity index (χ3n) is 8.76. The molecule has 0 bridgehead atoms. The maximum absolute atomic E-state index is 11.8. The van der Waals surface area contributed by atoms with Crippen LogP contribution in [0.2, 0.25) is 0 Å². The van der Waals surface area contributed by atoms with Crippen molar-refractivity contribution in [1.29, 1.82) is 0 Å². The van der Waals surface area contributed by atoms with E-state index >= 15 is 0 Å². The minimum Gasteiger partial charge on any atom is -0.466 e. The first-order valence-electron chi connectivity index (χ1n) is 15.0. The number of carbonyl (C=O) groups is 1. The zero-order chi connectivity index (χ0) is 29.9. The third-order valence-corrected chi connectivity index (χ3v) is 8.76. The van der Waals surface area contributed by atoms with Gasteiger partial charge in [0.05, 0.1) is 24.3 Å². The van der Waals surface area contributed by atoms with Gasteiger partial charge in [0.25, 0.3) is 0 Å². The van der Waals surface area contributed by atoms with Crippen LogP contribution in [-0.2, 0) is 21.4 Å². The highest BCUT2D eigenvalue weighted by Crippen LogP contribution is 2.41. The molecule has 218 valence electrons. The molecule has 0 saturated heterocycles. The first-order valence-corrected chi connectivity index (χ1v) is 15.0. The van der Waals surface area contributed by atoms with Crippen molar-refractivity contribution in [2.75, 3.05) is 6.61 Å². The van der Waals surface area contributed by atoms with Gasteiger partial charge in [-0.25, -0.2) is 0 Å². The lowest BCUT2D eigenvalue weighted by molar-refractivity contribution is -0.142. The molecule has 40 heavy (non-hydrogen) atoms. The molecule has 4 heteroatoms. The van der Waals surface area contributed by atoms with Crippen LogP contribution in [0.25, 0.3) is 5.70 Å². The molecule has 0 heterocycles. The van der Waals surface area contributed by atoms with E-state index < -0.39 is 5.60 Å². The van der Waals surface area contributed by atoms with Crippen LogP contribution >= 0.6 is 0 Å². The Morgan fingerprint density at radius 3 is 2.02 bits per heavy atom. The molecule has 0 radical (unpaired) electrons. The first kappa shape index (κ1) is 33.2. The van der Waals surface area contributed by atoms with Crippen molar-refractivity contribution in [3.05, 3.63) is 87.5 Å². The van der Waals surface area contributed by atoms with Gasteiger partial charge in [0.1, 0.15) is 0 Å². The molecule has 0 unspecified atom stereocenters. The number of ether oxygens (including phenoxy) is 1. The largest absolute Gasteiger partial charge is 0.466 e. The number of hydrogen-bond acceptors (Lipinski definition) is 4. The van der Waals surface area contributed by atoms with E-state index in [0.29, 0.717) is 6.61 Å². The van der Waals surface area contributed by atoms with Gasteiger partial charge in [0, 0.05) is 11.0 Å². The maximum Gasteiger partial charge on any atom is 0.309 e. The second kappa shape index (κ2) is 15.1. The monoisotopic (exact) mass is 545 g/mol. The van der Waals surface area contributed by atoms with Gasteiger partial charge >= 0.3 is 5.97 Å². The lowest BCUT2D eigenvalue weighted by Crippen LogP contribution is -2.28. The van der Waals surface area contributed by atoms with Crippen molar-refractivity contribution in [2.45, 2.75) is 111 Å². The molecule has 0 aliphatic heterocycles. The Morgan fingerprint density at radius 1 is 0.925 bits per heavy atom. The zero-order valence-corrected chi connectivity index (χ0v) is 26.2. The fourth-order valence-electron chi connectivity index (χ4n) is 5.67. The Bertz CT molecular complexity index is 1210. The number of allylic oxidation sites excluding steroid dienone is 2. The quantitative estimate of drug-likeness (QED) is 0.138. The highest BCUT2D eigenvalue weighted by molar-refractivity contribution is 5.74. The molecule has 0 atom stereocenters. The van der Waals surface area contributed by atoms with Crippen LogP contribution in [0.3, 0.4) is 0 Å². The lowest BCUT2D eigenvalue weighted by Gasteiger charge is -2.34. The number of carbonyl (C=O) groups excluding carboxylic acids is 1. The maximum atomic E-state index is 11.8. The Kier molecular flexibility index (Phi) is 12.6. The van der Waals surface area contributed by atoms with Crippen LogP contribution in [0, 0.1) is 13.8 Å². The molecule has 0 saturated carbocycles. The molecule has 0 aliphatic carbocycles. The summed E-state index contributed by atoms with van der Waals surface area (Å²) in [6, 6.07) is 13.6. The van der Waals surface area contributed by atoms with E-state index in [4.69, 9.17) is 4.74 Å². The zero-order valence-electron chi connectivity index (χ0n) is 26.2. The summed E-state index contributed by atoms with van der Waals surface area (Å²) in [6.07, 6.45) is 9.34. The van der Waals surface area contributed by atoms with Gasteiger partial charge in [0.15, 0.2) is 0 Å². The Hall–Kier alpha value is -2.98. The van der Waals surface area contributed by atoms with E-state index in [0.717, 1.165) is 60.9 Å². The number of rotatable bonds is 15. The Labute approximate surface area is 243 Å². The highest BCUT2D eigenvalue weighted by atomic mass is 16.5. The number of aliphatic hydroxyl groups is 1. The fraction of sp³-hybridized carbons (Fsp3) is 0.500. The van der Waals surface area contributed by atoms with E-state index in [2.05, 4.69) is 89.7 Å². The minimum atomic E-state index is -0.579.